The Morgan fingerprint density at radius 2 is 1.88 bits per heavy atom. The highest BCUT2D eigenvalue weighted by Crippen LogP contribution is 2.44. The molecule has 1 aliphatic heterocycles. The average molecular weight is 440 g/mol. The SMILES string of the molecule is Cc1c(C2CC2)nc2ncccc2c1Nc1cc(N2CCOCC2)ncc1-c1cncnc1. The van der Waals surface area contributed by atoms with E-state index in [1.807, 2.05) is 24.7 Å². The third-order valence-corrected chi connectivity index (χ3v) is 6.36. The van der Waals surface area contributed by atoms with E-state index in [2.05, 4.69) is 44.2 Å². The minimum absolute atomic E-state index is 0.528. The molecule has 5 heterocycles. The van der Waals surface area contributed by atoms with Gasteiger partial charge in [-0.25, -0.2) is 24.9 Å². The molecule has 1 N–H and O–H groups in total. The lowest BCUT2D eigenvalue weighted by atomic mass is 10.0. The van der Waals surface area contributed by atoms with Crippen molar-refractivity contribution in [2.45, 2.75) is 25.7 Å². The molecule has 0 atom stereocenters. The molecule has 1 saturated carbocycles. The molecule has 0 radical (unpaired) electrons. The van der Waals surface area contributed by atoms with Crippen LogP contribution in [0.3, 0.4) is 0 Å². The van der Waals surface area contributed by atoms with Gasteiger partial charge in [-0.1, -0.05) is 0 Å². The summed E-state index contributed by atoms with van der Waals surface area (Å²) in [6.45, 7) is 5.23. The molecule has 0 unspecified atom stereocenters. The van der Waals surface area contributed by atoms with Gasteiger partial charge < -0.3 is 15.0 Å². The van der Waals surface area contributed by atoms with Gasteiger partial charge in [-0.2, -0.15) is 0 Å². The smallest absolute Gasteiger partial charge is 0.161 e. The standard InChI is InChI=1S/C25H25N7O/c1-16-23(17-4-5-17)31-25-19(3-2-6-28-25)24(16)30-21-11-22(32-7-9-33-10-8-32)29-14-20(21)18-12-26-15-27-13-18/h2-3,6,11-15,17H,4-5,7-10H2,1H3,(H,28,29,30,31). The van der Waals surface area contributed by atoms with Gasteiger partial charge in [0.25, 0.3) is 0 Å². The second kappa shape index (κ2) is 8.37. The first-order valence-corrected chi connectivity index (χ1v) is 11.4. The van der Waals surface area contributed by atoms with Gasteiger partial charge in [-0.3, -0.25) is 0 Å². The Labute approximate surface area is 192 Å². The molecule has 0 amide bonds. The molecule has 1 aliphatic carbocycles. The fourth-order valence-corrected chi connectivity index (χ4v) is 4.44. The quantitative estimate of drug-likeness (QED) is 0.494. The molecule has 0 spiro atoms. The molecule has 166 valence electrons. The Morgan fingerprint density at radius 3 is 2.67 bits per heavy atom. The number of pyridine rings is 3. The van der Waals surface area contributed by atoms with Crippen LogP contribution < -0.4 is 10.2 Å². The van der Waals surface area contributed by atoms with Crippen LogP contribution in [0.5, 0.6) is 0 Å². The van der Waals surface area contributed by atoms with Gasteiger partial charge in [-0.05, 0) is 37.5 Å². The Morgan fingerprint density at radius 1 is 1.06 bits per heavy atom. The maximum atomic E-state index is 5.53. The summed E-state index contributed by atoms with van der Waals surface area (Å²) in [7, 11) is 0. The van der Waals surface area contributed by atoms with Crippen molar-refractivity contribution in [3.63, 3.8) is 0 Å². The van der Waals surface area contributed by atoms with Crippen molar-refractivity contribution in [1.29, 1.82) is 0 Å². The maximum absolute atomic E-state index is 5.53. The highest BCUT2D eigenvalue weighted by molar-refractivity contribution is 5.95. The van der Waals surface area contributed by atoms with Gasteiger partial charge in [0, 0.05) is 66.4 Å². The molecular weight excluding hydrogens is 414 g/mol. The summed E-state index contributed by atoms with van der Waals surface area (Å²) < 4.78 is 5.53. The predicted molar refractivity (Wildman–Crippen MR) is 128 cm³/mol. The van der Waals surface area contributed by atoms with E-state index >= 15 is 0 Å². The molecule has 8 heteroatoms. The van der Waals surface area contributed by atoms with Gasteiger partial charge in [-0.15, -0.1) is 0 Å². The molecule has 33 heavy (non-hydrogen) atoms. The number of nitrogens with one attached hydrogen (secondary N) is 1. The van der Waals surface area contributed by atoms with Crippen molar-refractivity contribution >= 4 is 28.2 Å². The monoisotopic (exact) mass is 439 g/mol. The number of hydrogen-bond donors (Lipinski definition) is 1. The lowest BCUT2D eigenvalue weighted by Crippen LogP contribution is -2.36. The van der Waals surface area contributed by atoms with Crippen molar-refractivity contribution in [2.75, 3.05) is 36.5 Å². The largest absolute Gasteiger partial charge is 0.378 e. The first-order valence-electron chi connectivity index (χ1n) is 11.4. The van der Waals surface area contributed by atoms with Crippen LogP contribution in [0, 0.1) is 6.92 Å². The van der Waals surface area contributed by atoms with E-state index in [0.717, 1.165) is 58.1 Å². The van der Waals surface area contributed by atoms with Crippen molar-refractivity contribution in [3.05, 3.63) is 60.6 Å². The summed E-state index contributed by atoms with van der Waals surface area (Å²) in [5.41, 5.74) is 6.98. The van der Waals surface area contributed by atoms with Crippen molar-refractivity contribution in [1.82, 2.24) is 24.9 Å². The zero-order valence-electron chi connectivity index (χ0n) is 18.5. The molecule has 0 aromatic carbocycles. The number of anilines is 3. The van der Waals surface area contributed by atoms with Crippen LogP contribution in [0.15, 0.2) is 49.3 Å². The van der Waals surface area contributed by atoms with Gasteiger partial charge >= 0.3 is 0 Å². The molecule has 4 aromatic rings. The lowest BCUT2D eigenvalue weighted by molar-refractivity contribution is 0.122. The molecule has 0 bridgehead atoms. The van der Waals surface area contributed by atoms with Gasteiger partial charge in [0.1, 0.15) is 12.1 Å². The summed E-state index contributed by atoms with van der Waals surface area (Å²) >= 11 is 0. The minimum Gasteiger partial charge on any atom is -0.378 e. The number of aromatic nitrogens is 5. The summed E-state index contributed by atoms with van der Waals surface area (Å²) in [6, 6.07) is 6.16. The number of ether oxygens (including phenoxy) is 1. The number of nitrogens with zero attached hydrogens (tertiary/aromatic N) is 6. The van der Waals surface area contributed by atoms with Crippen LogP contribution in [-0.4, -0.2) is 51.2 Å². The Bertz CT molecular complexity index is 1300. The molecule has 2 fully saturated rings. The summed E-state index contributed by atoms with van der Waals surface area (Å²) in [5, 5.41) is 4.76. The van der Waals surface area contributed by atoms with E-state index < -0.39 is 0 Å². The normalized spacial score (nSPS) is 16.2. The van der Waals surface area contributed by atoms with E-state index in [1.165, 1.54) is 18.4 Å². The van der Waals surface area contributed by atoms with Crippen LogP contribution >= 0.6 is 0 Å². The van der Waals surface area contributed by atoms with Crippen LogP contribution in [0.2, 0.25) is 0 Å². The van der Waals surface area contributed by atoms with Crippen LogP contribution in [-0.2, 0) is 4.74 Å². The highest BCUT2D eigenvalue weighted by atomic mass is 16.5. The lowest BCUT2D eigenvalue weighted by Gasteiger charge is -2.28. The van der Waals surface area contributed by atoms with Crippen molar-refractivity contribution in [3.8, 4) is 11.1 Å². The highest BCUT2D eigenvalue weighted by Gasteiger charge is 2.29. The zero-order chi connectivity index (χ0) is 22.2. The van der Waals surface area contributed by atoms with E-state index in [1.54, 1.807) is 12.5 Å². The molecule has 1 saturated heterocycles. The van der Waals surface area contributed by atoms with Crippen LogP contribution in [0.25, 0.3) is 22.2 Å². The second-order valence-corrected chi connectivity index (χ2v) is 8.59. The minimum atomic E-state index is 0.528. The van der Waals surface area contributed by atoms with Gasteiger partial charge in [0.2, 0.25) is 0 Å². The number of rotatable bonds is 5. The summed E-state index contributed by atoms with van der Waals surface area (Å²) in [5.74, 6) is 1.46. The summed E-state index contributed by atoms with van der Waals surface area (Å²) in [4.78, 5) is 24.9. The van der Waals surface area contributed by atoms with E-state index in [-0.39, 0.29) is 0 Å². The molecule has 8 nitrogen and oxygen atoms in total. The third-order valence-electron chi connectivity index (χ3n) is 6.36. The number of fused-ring (bicyclic) bond motifs is 1. The predicted octanol–water partition coefficient (Wildman–Crippen LogP) is 4.25. The first kappa shape index (κ1) is 20.0. The third kappa shape index (κ3) is 3.87. The topological polar surface area (TPSA) is 89.0 Å². The second-order valence-electron chi connectivity index (χ2n) is 8.59. The zero-order valence-corrected chi connectivity index (χ0v) is 18.5. The van der Waals surface area contributed by atoms with E-state index in [0.29, 0.717) is 19.1 Å². The van der Waals surface area contributed by atoms with Crippen molar-refractivity contribution < 1.29 is 4.74 Å². The molecule has 6 rings (SSSR count). The van der Waals surface area contributed by atoms with Crippen molar-refractivity contribution in [2.24, 2.45) is 0 Å². The summed E-state index contributed by atoms with van der Waals surface area (Å²) in [6.07, 6.45) is 11.3. The fourth-order valence-electron chi connectivity index (χ4n) is 4.44. The van der Waals surface area contributed by atoms with Gasteiger partial charge in [0.15, 0.2) is 5.65 Å². The molecular formula is C25H25N7O. The molecule has 4 aromatic heterocycles. The van der Waals surface area contributed by atoms with Crippen LogP contribution in [0.4, 0.5) is 17.2 Å². The number of morpholine rings is 1. The van der Waals surface area contributed by atoms with Crippen LogP contribution in [0.1, 0.15) is 30.0 Å². The van der Waals surface area contributed by atoms with E-state index in [4.69, 9.17) is 14.7 Å². The maximum Gasteiger partial charge on any atom is 0.161 e. The average Bonchev–Trinajstić information content (AvgIpc) is 3.72. The first-order chi connectivity index (χ1) is 16.3. The van der Waals surface area contributed by atoms with Gasteiger partial charge in [0.05, 0.1) is 30.3 Å². The Kier molecular flexibility index (Phi) is 5.07. The Balaban J connectivity index is 1.50. The Hall–Kier alpha value is -3.65. The fraction of sp³-hybridized carbons (Fsp3) is 0.320. The van der Waals surface area contributed by atoms with E-state index in [9.17, 15) is 0 Å². The molecule has 2 aliphatic rings. The number of hydrogen-bond acceptors (Lipinski definition) is 8.